The lowest BCUT2D eigenvalue weighted by atomic mass is 10.2. The van der Waals surface area contributed by atoms with E-state index in [1.165, 1.54) is 6.08 Å². The first-order chi connectivity index (χ1) is 16.5. The summed E-state index contributed by atoms with van der Waals surface area (Å²) in [5.74, 6) is 3.01. The minimum absolute atomic E-state index is 0.244. The molecule has 0 aliphatic carbocycles. The molecule has 4 aromatic rings. The van der Waals surface area contributed by atoms with Gasteiger partial charge in [0.25, 0.3) is 0 Å². The van der Waals surface area contributed by atoms with Crippen molar-refractivity contribution in [3.63, 3.8) is 0 Å². The van der Waals surface area contributed by atoms with E-state index in [4.69, 9.17) is 9.47 Å². The summed E-state index contributed by atoms with van der Waals surface area (Å²) in [5.41, 5.74) is 2.32. The lowest BCUT2D eigenvalue weighted by Crippen LogP contribution is -2.07. The molecule has 0 saturated carbocycles. The molecule has 0 aliphatic heterocycles. The SMILES string of the molecule is COc1ccc(/C=C/C(=O)Nc2ccc(Nc3cc(-n4ccnc4)nc(C)n3)cc2)cc1OC. The number of ether oxygens (including phenoxy) is 2. The molecule has 0 unspecified atom stereocenters. The summed E-state index contributed by atoms with van der Waals surface area (Å²) in [5, 5.41) is 6.11. The molecule has 172 valence electrons. The smallest absolute Gasteiger partial charge is 0.248 e. The normalized spacial score (nSPS) is 10.8. The Morgan fingerprint density at radius 3 is 2.44 bits per heavy atom. The molecule has 1 amide bonds. The van der Waals surface area contributed by atoms with Gasteiger partial charge >= 0.3 is 0 Å². The Hall–Kier alpha value is -4.66. The second-order valence-corrected chi connectivity index (χ2v) is 7.27. The molecular weight excluding hydrogens is 432 g/mol. The topological polar surface area (TPSA) is 103 Å². The summed E-state index contributed by atoms with van der Waals surface area (Å²) >= 11 is 0. The molecule has 0 spiro atoms. The van der Waals surface area contributed by atoms with E-state index in [0.717, 1.165) is 17.1 Å². The summed E-state index contributed by atoms with van der Waals surface area (Å²) in [4.78, 5) is 25.2. The van der Waals surface area contributed by atoms with Gasteiger partial charge in [-0.05, 0) is 55.0 Å². The van der Waals surface area contributed by atoms with E-state index in [9.17, 15) is 4.79 Å². The first-order valence-corrected chi connectivity index (χ1v) is 10.5. The molecule has 2 aromatic carbocycles. The maximum atomic E-state index is 12.3. The summed E-state index contributed by atoms with van der Waals surface area (Å²) < 4.78 is 12.3. The fourth-order valence-corrected chi connectivity index (χ4v) is 3.24. The predicted octanol–water partition coefficient (Wildman–Crippen LogP) is 4.38. The number of carbonyl (C=O) groups excluding carboxylic acids is 1. The molecule has 2 aromatic heterocycles. The first-order valence-electron chi connectivity index (χ1n) is 10.5. The average molecular weight is 457 g/mol. The highest BCUT2D eigenvalue weighted by atomic mass is 16.5. The highest BCUT2D eigenvalue weighted by Crippen LogP contribution is 2.28. The van der Waals surface area contributed by atoms with Gasteiger partial charge in [-0.15, -0.1) is 0 Å². The first kappa shape index (κ1) is 22.5. The molecule has 9 heteroatoms. The van der Waals surface area contributed by atoms with Gasteiger partial charge in [-0.25, -0.2) is 15.0 Å². The van der Waals surface area contributed by atoms with Crippen LogP contribution in [0.25, 0.3) is 11.9 Å². The van der Waals surface area contributed by atoms with Crippen LogP contribution in [0, 0.1) is 6.92 Å². The number of benzene rings is 2. The Morgan fingerprint density at radius 2 is 1.74 bits per heavy atom. The number of nitrogens with one attached hydrogen (secondary N) is 2. The van der Waals surface area contributed by atoms with E-state index in [-0.39, 0.29) is 5.91 Å². The van der Waals surface area contributed by atoms with Crippen LogP contribution in [0.5, 0.6) is 11.5 Å². The Labute approximate surface area is 197 Å². The van der Waals surface area contributed by atoms with Gasteiger partial charge in [0.05, 0.1) is 14.2 Å². The fourth-order valence-electron chi connectivity index (χ4n) is 3.24. The van der Waals surface area contributed by atoms with Crippen molar-refractivity contribution < 1.29 is 14.3 Å². The van der Waals surface area contributed by atoms with Crippen LogP contribution in [0.15, 0.2) is 73.3 Å². The van der Waals surface area contributed by atoms with Gasteiger partial charge in [-0.1, -0.05) is 6.07 Å². The number of nitrogens with zero attached hydrogens (tertiary/aromatic N) is 4. The largest absolute Gasteiger partial charge is 0.493 e. The van der Waals surface area contributed by atoms with Crippen LogP contribution in [0.4, 0.5) is 17.2 Å². The van der Waals surface area contributed by atoms with Crippen LogP contribution in [0.3, 0.4) is 0 Å². The molecule has 2 N–H and O–H groups in total. The van der Waals surface area contributed by atoms with Crippen molar-refractivity contribution in [1.82, 2.24) is 19.5 Å². The number of methoxy groups -OCH3 is 2. The Bertz CT molecular complexity index is 1300. The number of aryl methyl sites for hydroxylation is 1. The van der Waals surface area contributed by atoms with Crippen molar-refractivity contribution in [2.45, 2.75) is 6.92 Å². The molecule has 9 nitrogen and oxygen atoms in total. The number of hydrogen-bond donors (Lipinski definition) is 2. The second-order valence-electron chi connectivity index (χ2n) is 7.27. The van der Waals surface area contributed by atoms with Crippen molar-refractivity contribution >= 4 is 29.2 Å². The van der Waals surface area contributed by atoms with Crippen LogP contribution in [0.1, 0.15) is 11.4 Å². The summed E-state index contributed by atoms with van der Waals surface area (Å²) in [6.45, 7) is 1.83. The molecule has 0 bridgehead atoms. The summed E-state index contributed by atoms with van der Waals surface area (Å²) in [6.07, 6.45) is 8.38. The van der Waals surface area contributed by atoms with E-state index in [2.05, 4.69) is 25.6 Å². The van der Waals surface area contributed by atoms with Crippen molar-refractivity contribution in [2.75, 3.05) is 24.9 Å². The molecular formula is C25H24N6O3. The molecule has 2 heterocycles. The number of aromatic nitrogens is 4. The van der Waals surface area contributed by atoms with Gasteiger partial charge in [0.1, 0.15) is 23.8 Å². The van der Waals surface area contributed by atoms with Gasteiger partial charge in [0.15, 0.2) is 11.5 Å². The van der Waals surface area contributed by atoms with Crippen molar-refractivity contribution in [3.8, 4) is 17.3 Å². The number of carbonyl (C=O) groups is 1. The number of amides is 1. The van der Waals surface area contributed by atoms with Crippen LogP contribution < -0.4 is 20.1 Å². The van der Waals surface area contributed by atoms with Gasteiger partial charge in [0, 0.05) is 35.9 Å². The molecule has 34 heavy (non-hydrogen) atoms. The van der Waals surface area contributed by atoms with E-state index >= 15 is 0 Å². The molecule has 4 rings (SSSR count). The number of hydrogen-bond acceptors (Lipinski definition) is 7. The number of anilines is 3. The van der Waals surface area contributed by atoms with E-state index < -0.39 is 0 Å². The molecule has 0 atom stereocenters. The van der Waals surface area contributed by atoms with Crippen molar-refractivity contribution in [1.29, 1.82) is 0 Å². The number of rotatable bonds is 8. The monoisotopic (exact) mass is 456 g/mol. The molecule has 0 radical (unpaired) electrons. The Balaban J connectivity index is 1.38. The average Bonchev–Trinajstić information content (AvgIpc) is 3.39. The predicted molar refractivity (Wildman–Crippen MR) is 131 cm³/mol. The van der Waals surface area contributed by atoms with Gasteiger partial charge < -0.3 is 20.1 Å². The van der Waals surface area contributed by atoms with Crippen LogP contribution in [-0.2, 0) is 4.79 Å². The van der Waals surface area contributed by atoms with Crippen molar-refractivity contribution in [3.05, 3.63) is 84.7 Å². The highest BCUT2D eigenvalue weighted by molar-refractivity contribution is 6.02. The zero-order valence-electron chi connectivity index (χ0n) is 19.0. The minimum Gasteiger partial charge on any atom is -0.493 e. The summed E-state index contributed by atoms with van der Waals surface area (Å²) in [6, 6.07) is 14.6. The minimum atomic E-state index is -0.244. The fraction of sp³-hybridized carbons (Fsp3) is 0.120. The van der Waals surface area contributed by atoms with Gasteiger partial charge in [0.2, 0.25) is 5.91 Å². The standard InChI is InChI=1S/C25H24N6O3/c1-17-27-23(15-24(28-17)31-13-12-26-16-31)29-19-6-8-20(9-7-19)30-25(32)11-5-18-4-10-21(33-2)22(14-18)34-3/h4-16H,1-3H3,(H,30,32)(H,27,28,29)/b11-5+. The van der Waals surface area contributed by atoms with Crippen molar-refractivity contribution in [2.24, 2.45) is 0 Å². The van der Waals surface area contributed by atoms with Gasteiger partial charge in [-0.2, -0.15) is 0 Å². The van der Waals surface area contributed by atoms with Crippen LogP contribution in [0.2, 0.25) is 0 Å². The number of imidazole rings is 1. The van der Waals surface area contributed by atoms with E-state index in [1.54, 1.807) is 45.0 Å². The highest BCUT2D eigenvalue weighted by Gasteiger charge is 2.06. The molecule has 0 saturated heterocycles. The van der Waals surface area contributed by atoms with E-state index in [1.807, 2.05) is 54.1 Å². The third-order valence-corrected chi connectivity index (χ3v) is 4.85. The maximum Gasteiger partial charge on any atom is 0.248 e. The summed E-state index contributed by atoms with van der Waals surface area (Å²) in [7, 11) is 3.15. The lowest BCUT2D eigenvalue weighted by molar-refractivity contribution is -0.111. The maximum absolute atomic E-state index is 12.3. The Kier molecular flexibility index (Phi) is 6.83. The molecule has 0 fully saturated rings. The third-order valence-electron chi connectivity index (χ3n) is 4.85. The zero-order valence-corrected chi connectivity index (χ0v) is 19.0. The zero-order chi connectivity index (χ0) is 23.9. The van der Waals surface area contributed by atoms with E-state index in [0.29, 0.717) is 28.8 Å². The third kappa shape index (κ3) is 5.57. The Morgan fingerprint density at radius 1 is 0.971 bits per heavy atom. The quantitative estimate of drug-likeness (QED) is 0.379. The lowest BCUT2D eigenvalue weighted by Gasteiger charge is -2.10. The molecule has 0 aliphatic rings. The van der Waals surface area contributed by atoms with Crippen LogP contribution >= 0.6 is 0 Å². The van der Waals surface area contributed by atoms with Crippen LogP contribution in [-0.4, -0.2) is 39.6 Å². The second kappa shape index (κ2) is 10.3. The van der Waals surface area contributed by atoms with Gasteiger partial charge in [-0.3, -0.25) is 9.36 Å².